The van der Waals surface area contributed by atoms with Crippen molar-refractivity contribution in [3.63, 3.8) is 0 Å². The second-order valence-electron chi connectivity index (χ2n) is 8.08. The summed E-state index contributed by atoms with van der Waals surface area (Å²) < 4.78 is 0. The minimum absolute atomic E-state index is 0.721. The molecule has 4 aliphatic carbocycles. The van der Waals surface area contributed by atoms with Crippen LogP contribution in [0.2, 0.25) is 0 Å². The van der Waals surface area contributed by atoms with E-state index in [0.717, 1.165) is 41.5 Å². The third kappa shape index (κ3) is 1.94. The van der Waals surface area contributed by atoms with Crippen molar-refractivity contribution in [3.05, 3.63) is 0 Å². The van der Waals surface area contributed by atoms with Crippen molar-refractivity contribution < 1.29 is 0 Å². The highest BCUT2D eigenvalue weighted by Gasteiger charge is 2.55. The molecule has 1 heteroatoms. The molecule has 0 amide bonds. The molecule has 18 heavy (non-hydrogen) atoms. The van der Waals surface area contributed by atoms with Crippen molar-refractivity contribution in [2.75, 3.05) is 13.1 Å². The molecule has 5 atom stereocenters. The molecule has 4 aliphatic rings. The van der Waals surface area contributed by atoms with Crippen LogP contribution >= 0.6 is 0 Å². The molecular weight excluding hydrogens is 218 g/mol. The van der Waals surface area contributed by atoms with Crippen molar-refractivity contribution in [3.8, 4) is 0 Å². The van der Waals surface area contributed by atoms with Gasteiger partial charge in [-0.05, 0) is 86.5 Å². The van der Waals surface area contributed by atoms with Crippen LogP contribution in [-0.4, -0.2) is 13.1 Å². The highest BCUT2D eigenvalue weighted by atomic mass is 14.9. The van der Waals surface area contributed by atoms with Gasteiger partial charge in [0.25, 0.3) is 0 Å². The predicted octanol–water partition coefficient (Wildman–Crippen LogP) is 3.84. The molecule has 2 bridgehead atoms. The topological polar surface area (TPSA) is 12.0 Å². The number of nitrogens with one attached hydrogen (secondary N) is 1. The van der Waals surface area contributed by atoms with Gasteiger partial charge in [-0.1, -0.05) is 13.3 Å². The second kappa shape index (κ2) is 4.23. The van der Waals surface area contributed by atoms with Crippen LogP contribution in [0.15, 0.2) is 0 Å². The van der Waals surface area contributed by atoms with Gasteiger partial charge in [0, 0.05) is 6.54 Å². The normalized spacial score (nSPS) is 52.8. The van der Waals surface area contributed by atoms with Crippen LogP contribution in [0.5, 0.6) is 0 Å². The summed E-state index contributed by atoms with van der Waals surface area (Å²) >= 11 is 0. The van der Waals surface area contributed by atoms with Crippen LogP contribution in [-0.2, 0) is 0 Å². The minimum atomic E-state index is 0.721. The van der Waals surface area contributed by atoms with E-state index in [1.165, 1.54) is 6.54 Å². The quantitative estimate of drug-likeness (QED) is 0.778. The number of fused-ring (bicyclic) bond motifs is 3. The van der Waals surface area contributed by atoms with Crippen LogP contribution in [0.1, 0.15) is 58.3 Å². The molecule has 0 aromatic carbocycles. The van der Waals surface area contributed by atoms with Crippen molar-refractivity contribution in [2.45, 2.75) is 58.3 Å². The van der Waals surface area contributed by atoms with Gasteiger partial charge >= 0.3 is 0 Å². The molecule has 0 saturated heterocycles. The molecule has 0 radical (unpaired) electrons. The standard InChI is InChI=1S/C17H29N/c1-2-18-11-17(9-15-7-16(15)10-17)8-14-6-12-3-4-13(14)5-12/h12-16,18H,2-11H2,1H3. The van der Waals surface area contributed by atoms with Crippen molar-refractivity contribution >= 4 is 0 Å². The summed E-state index contributed by atoms with van der Waals surface area (Å²) in [5, 5.41) is 3.69. The highest BCUT2D eigenvalue weighted by Crippen LogP contribution is 2.63. The highest BCUT2D eigenvalue weighted by molar-refractivity contribution is 5.06. The molecule has 0 aromatic heterocycles. The van der Waals surface area contributed by atoms with Gasteiger partial charge in [0.2, 0.25) is 0 Å². The molecule has 5 unspecified atom stereocenters. The minimum Gasteiger partial charge on any atom is -0.316 e. The maximum Gasteiger partial charge on any atom is 0.000800 e. The van der Waals surface area contributed by atoms with Gasteiger partial charge in [0.1, 0.15) is 0 Å². The fourth-order valence-electron chi connectivity index (χ4n) is 5.96. The second-order valence-corrected chi connectivity index (χ2v) is 8.08. The molecule has 102 valence electrons. The van der Waals surface area contributed by atoms with E-state index in [4.69, 9.17) is 0 Å². The third-order valence-corrected chi connectivity index (χ3v) is 6.79. The molecule has 4 rings (SSSR count). The largest absolute Gasteiger partial charge is 0.316 e. The monoisotopic (exact) mass is 247 g/mol. The zero-order chi connectivity index (χ0) is 12.2. The first-order chi connectivity index (χ1) is 8.78. The molecule has 0 spiro atoms. The SMILES string of the molecule is CCNCC1(CC2CC3CCC2C3)CC2CC2C1. The van der Waals surface area contributed by atoms with Gasteiger partial charge in [0.15, 0.2) is 0 Å². The molecule has 4 saturated carbocycles. The lowest BCUT2D eigenvalue weighted by Crippen LogP contribution is -2.36. The first-order valence-corrected chi connectivity index (χ1v) is 8.49. The Morgan fingerprint density at radius 2 is 1.83 bits per heavy atom. The smallest absolute Gasteiger partial charge is 0.000800 e. The number of hydrogen-bond donors (Lipinski definition) is 1. The van der Waals surface area contributed by atoms with Crippen molar-refractivity contribution in [1.82, 2.24) is 5.32 Å². The lowest BCUT2D eigenvalue weighted by Gasteiger charge is -2.36. The van der Waals surface area contributed by atoms with Crippen LogP contribution in [0.4, 0.5) is 0 Å². The Labute approximate surface area is 112 Å². The van der Waals surface area contributed by atoms with Gasteiger partial charge in [-0.25, -0.2) is 0 Å². The maximum absolute atomic E-state index is 3.69. The van der Waals surface area contributed by atoms with Gasteiger partial charge in [-0.15, -0.1) is 0 Å². The summed E-state index contributed by atoms with van der Waals surface area (Å²) in [4.78, 5) is 0. The fourth-order valence-corrected chi connectivity index (χ4v) is 5.96. The Hall–Kier alpha value is -0.0400. The average molecular weight is 247 g/mol. The zero-order valence-corrected chi connectivity index (χ0v) is 12.0. The first kappa shape index (κ1) is 11.8. The van der Waals surface area contributed by atoms with E-state index < -0.39 is 0 Å². The predicted molar refractivity (Wildman–Crippen MR) is 75.4 cm³/mol. The third-order valence-electron chi connectivity index (χ3n) is 6.79. The summed E-state index contributed by atoms with van der Waals surface area (Å²) in [6.07, 6.45) is 12.6. The van der Waals surface area contributed by atoms with Crippen molar-refractivity contribution in [2.24, 2.45) is 35.0 Å². The zero-order valence-electron chi connectivity index (χ0n) is 12.0. The summed E-state index contributed by atoms with van der Waals surface area (Å²) in [5.74, 6) is 5.65. The Kier molecular flexibility index (Phi) is 2.76. The molecular formula is C17H29N. The van der Waals surface area contributed by atoms with E-state index >= 15 is 0 Å². The number of rotatable bonds is 5. The fraction of sp³-hybridized carbons (Fsp3) is 1.00. The lowest BCUT2D eigenvalue weighted by atomic mass is 9.71. The molecule has 1 N–H and O–H groups in total. The van der Waals surface area contributed by atoms with Crippen LogP contribution < -0.4 is 5.32 Å². The van der Waals surface area contributed by atoms with Gasteiger partial charge < -0.3 is 5.32 Å². The number of hydrogen-bond acceptors (Lipinski definition) is 1. The Morgan fingerprint density at radius 1 is 1.00 bits per heavy atom. The Morgan fingerprint density at radius 3 is 2.44 bits per heavy atom. The Bertz CT molecular complexity index is 314. The van der Waals surface area contributed by atoms with Gasteiger partial charge in [0.05, 0.1) is 0 Å². The van der Waals surface area contributed by atoms with E-state index in [9.17, 15) is 0 Å². The van der Waals surface area contributed by atoms with Crippen LogP contribution in [0, 0.1) is 35.0 Å². The molecule has 4 fully saturated rings. The summed E-state index contributed by atoms with van der Waals surface area (Å²) in [6, 6.07) is 0. The van der Waals surface area contributed by atoms with Crippen LogP contribution in [0.3, 0.4) is 0 Å². The maximum atomic E-state index is 3.69. The van der Waals surface area contributed by atoms with E-state index in [0.29, 0.717) is 0 Å². The summed E-state index contributed by atoms with van der Waals surface area (Å²) in [6.45, 7) is 4.75. The van der Waals surface area contributed by atoms with E-state index in [-0.39, 0.29) is 0 Å². The lowest BCUT2D eigenvalue weighted by molar-refractivity contribution is 0.157. The Balaban J connectivity index is 1.42. The molecule has 1 nitrogen and oxygen atoms in total. The van der Waals surface area contributed by atoms with Crippen molar-refractivity contribution in [1.29, 1.82) is 0 Å². The van der Waals surface area contributed by atoms with Gasteiger partial charge in [-0.3, -0.25) is 0 Å². The summed E-state index contributed by atoms with van der Waals surface area (Å²) in [7, 11) is 0. The molecule has 0 aromatic rings. The summed E-state index contributed by atoms with van der Waals surface area (Å²) in [5.41, 5.74) is 0.721. The average Bonchev–Trinajstić information content (AvgIpc) is 2.79. The molecule has 0 heterocycles. The van der Waals surface area contributed by atoms with E-state index in [1.54, 1.807) is 51.4 Å². The van der Waals surface area contributed by atoms with Gasteiger partial charge in [-0.2, -0.15) is 0 Å². The van der Waals surface area contributed by atoms with Crippen LogP contribution in [0.25, 0.3) is 0 Å². The van der Waals surface area contributed by atoms with E-state index in [2.05, 4.69) is 12.2 Å². The molecule has 0 aliphatic heterocycles. The van der Waals surface area contributed by atoms with E-state index in [1.807, 2.05) is 0 Å². The first-order valence-electron chi connectivity index (χ1n) is 8.49.